The number of hydrogen-bond donors (Lipinski definition) is 1. The number of piperidine rings is 1. The van der Waals surface area contributed by atoms with Crippen molar-refractivity contribution < 1.29 is 13.8 Å². The zero-order valence-corrected chi connectivity index (χ0v) is 18.2. The fraction of sp³-hybridized carbons (Fsp3) is 0.292. The minimum atomic E-state index is -0.434. The lowest BCUT2D eigenvalue weighted by Crippen LogP contribution is -2.41. The molecule has 0 radical (unpaired) electrons. The van der Waals surface area contributed by atoms with E-state index >= 15 is 0 Å². The standard InChI is InChI=1S/C24H24N6O3/c1-16-15-20(28-32-16)26-23(31)21(17-7-3-2-4-8-17)30-13-10-18(11-14-30)24-27-22(29-33-24)19-9-5-6-12-25-19/h2-9,12,15,18,21H,10-11,13-14H2,1H3,(H,26,28,31). The highest BCUT2D eigenvalue weighted by Crippen LogP contribution is 2.33. The number of anilines is 1. The molecule has 3 aromatic heterocycles. The van der Waals surface area contributed by atoms with Crippen LogP contribution in [0.2, 0.25) is 0 Å². The van der Waals surface area contributed by atoms with Gasteiger partial charge in [0.25, 0.3) is 0 Å². The summed E-state index contributed by atoms with van der Waals surface area (Å²) in [6.07, 6.45) is 3.33. The highest BCUT2D eigenvalue weighted by Gasteiger charge is 2.33. The molecule has 0 spiro atoms. The fourth-order valence-electron chi connectivity index (χ4n) is 4.19. The maximum atomic E-state index is 13.3. The summed E-state index contributed by atoms with van der Waals surface area (Å²) in [6.45, 7) is 3.23. The van der Waals surface area contributed by atoms with E-state index in [-0.39, 0.29) is 11.8 Å². The predicted octanol–water partition coefficient (Wildman–Crippen LogP) is 3.99. The number of carbonyl (C=O) groups excluding carboxylic acids is 1. The topological polar surface area (TPSA) is 110 Å². The van der Waals surface area contributed by atoms with Crippen LogP contribution in [0.5, 0.6) is 0 Å². The van der Waals surface area contributed by atoms with E-state index in [9.17, 15) is 4.79 Å². The molecular weight excluding hydrogens is 420 g/mol. The lowest BCUT2D eigenvalue weighted by Gasteiger charge is -2.35. The first kappa shape index (κ1) is 21.0. The largest absolute Gasteiger partial charge is 0.360 e. The van der Waals surface area contributed by atoms with E-state index < -0.39 is 6.04 Å². The number of nitrogens with zero attached hydrogens (tertiary/aromatic N) is 5. The SMILES string of the molecule is Cc1cc(NC(=O)C(c2ccccc2)N2CCC(c3nc(-c4ccccn4)no3)CC2)no1. The van der Waals surface area contributed by atoms with Gasteiger partial charge in [-0.15, -0.1) is 0 Å². The van der Waals surface area contributed by atoms with E-state index in [0.29, 0.717) is 29.0 Å². The summed E-state index contributed by atoms with van der Waals surface area (Å²) in [5.41, 5.74) is 1.62. The van der Waals surface area contributed by atoms with Gasteiger partial charge in [-0.1, -0.05) is 46.7 Å². The Labute approximate surface area is 190 Å². The van der Waals surface area contributed by atoms with Crippen LogP contribution in [0.4, 0.5) is 5.82 Å². The first-order chi connectivity index (χ1) is 16.2. The van der Waals surface area contributed by atoms with Crippen molar-refractivity contribution >= 4 is 11.7 Å². The highest BCUT2D eigenvalue weighted by molar-refractivity contribution is 5.94. The van der Waals surface area contributed by atoms with Gasteiger partial charge in [-0.25, -0.2) is 0 Å². The van der Waals surface area contributed by atoms with Crippen molar-refractivity contribution in [3.05, 3.63) is 78.0 Å². The number of amides is 1. The van der Waals surface area contributed by atoms with Gasteiger partial charge in [0.05, 0.1) is 0 Å². The summed E-state index contributed by atoms with van der Waals surface area (Å²) in [5, 5.41) is 10.9. The summed E-state index contributed by atoms with van der Waals surface area (Å²) in [7, 11) is 0. The Morgan fingerprint density at radius 3 is 2.55 bits per heavy atom. The van der Waals surface area contributed by atoms with Crippen LogP contribution in [0.25, 0.3) is 11.5 Å². The van der Waals surface area contributed by atoms with Crippen molar-refractivity contribution in [2.45, 2.75) is 31.7 Å². The summed E-state index contributed by atoms with van der Waals surface area (Å²) in [4.78, 5) is 24.3. The molecule has 1 saturated heterocycles. The molecule has 1 aliphatic heterocycles. The molecule has 4 heterocycles. The van der Waals surface area contributed by atoms with E-state index in [1.54, 1.807) is 19.2 Å². The molecule has 1 fully saturated rings. The van der Waals surface area contributed by atoms with E-state index in [2.05, 4.69) is 30.5 Å². The smallest absolute Gasteiger partial charge is 0.247 e. The molecule has 1 amide bonds. The van der Waals surface area contributed by atoms with Crippen LogP contribution in [0, 0.1) is 6.92 Å². The number of carbonyl (C=O) groups is 1. The summed E-state index contributed by atoms with van der Waals surface area (Å²) >= 11 is 0. The van der Waals surface area contributed by atoms with Gasteiger partial charge in [0.2, 0.25) is 17.6 Å². The molecule has 33 heavy (non-hydrogen) atoms. The lowest BCUT2D eigenvalue weighted by molar-refractivity contribution is -0.122. The molecule has 1 atom stereocenters. The quantitative estimate of drug-likeness (QED) is 0.475. The molecule has 0 aliphatic carbocycles. The van der Waals surface area contributed by atoms with Crippen molar-refractivity contribution in [3.63, 3.8) is 0 Å². The number of benzene rings is 1. The third kappa shape index (κ3) is 4.68. The Balaban J connectivity index is 1.29. The molecule has 4 aromatic rings. The number of aryl methyl sites for hydroxylation is 1. The zero-order valence-electron chi connectivity index (χ0n) is 18.2. The lowest BCUT2D eigenvalue weighted by atomic mass is 9.93. The average Bonchev–Trinajstić information content (AvgIpc) is 3.50. The molecule has 168 valence electrons. The van der Waals surface area contributed by atoms with Crippen LogP contribution in [-0.2, 0) is 4.79 Å². The third-order valence-electron chi connectivity index (χ3n) is 5.82. The Kier molecular flexibility index (Phi) is 5.95. The molecule has 9 nitrogen and oxygen atoms in total. The molecule has 1 aliphatic rings. The molecule has 0 saturated carbocycles. The first-order valence-corrected chi connectivity index (χ1v) is 11.0. The third-order valence-corrected chi connectivity index (χ3v) is 5.82. The molecule has 0 bridgehead atoms. The van der Waals surface area contributed by atoms with Gasteiger partial charge in [-0.3, -0.25) is 14.7 Å². The van der Waals surface area contributed by atoms with Crippen molar-refractivity contribution in [2.24, 2.45) is 0 Å². The van der Waals surface area contributed by atoms with Crippen molar-refractivity contribution in [2.75, 3.05) is 18.4 Å². The van der Waals surface area contributed by atoms with Gasteiger partial charge in [0.1, 0.15) is 17.5 Å². The first-order valence-electron chi connectivity index (χ1n) is 11.0. The van der Waals surface area contributed by atoms with Crippen LogP contribution in [0.3, 0.4) is 0 Å². The molecule has 5 rings (SSSR count). The number of pyridine rings is 1. The van der Waals surface area contributed by atoms with Crippen molar-refractivity contribution in [3.8, 4) is 11.5 Å². The Morgan fingerprint density at radius 1 is 1.06 bits per heavy atom. The molecular formula is C24H24N6O3. The molecule has 1 unspecified atom stereocenters. The van der Waals surface area contributed by atoms with Gasteiger partial charge in [0, 0.05) is 18.2 Å². The van der Waals surface area contributed by atoms with Crippen LogP contribution >= 0.6 is 0 Å². The van der Waals surface area contributed by atoms with E-state index in [1.807, 2.05) is 48.5 Å². The van der Waals surface area contributed by atoms with Crippen molar-refractivity contribution in [1.82, 2.24) is 25.2 Å². The highest BCUT2D eigenvalue weighted by atomic mass is 16.5. The number of likely N-dealkylation sites (tertiary alicyclic amines) is 1. The summed E-state index contributed by atoms with van der Waals surface area (Å²) in [6, 6.07) is 16.7. The normalized spacial score (nSPS) is 15.9. The van der Waals surface area contributed by atoms with Gasteiger partial charge in [-0.05, 0) is 50.6 Å². The van der Waals surface area contributed by atoms with Gasteiger partial charge < -0.3 is 14.4 Å². The minimum Gasteiger partial charge on any atom is -0.360 e. The second-order valence-corrected chi connectivity index (χ2v) is 8.11. The predicted molar refractivity (Wildman–Crippen MR) is 120 cm³/mol. The second kappa shape index (κ2) is 9.33. The average molecular weight is 444 g/mol. The minimum absolute atomic E-state index is 0.136. The summed E-state index contributed by atoms with van der Waals surface area (Å²) < 4.78 is 10.6. The Morgan fingerprint density at radius 2 is 1.85 bits per heavy atom. The second-order valence-electron chi connectivity index (χ2n) is 8.11. The van der Waals surface area contributed by atoms with Crippen molar-refractivity contribution in [1.29, 1.82) is 0 Å². The molecule has 9 heteroatoms. The van der Waals surface area contributed by atoms with E-state index in [0.717, 1.165) is 31.5 Å². The van der Waals surface area contributed by atoms with Crippen LogP contribution in [0.15, 0.2) is 69.8 Å². The van der Waals surface area contributed by atoms with Gasteiger partial charge >= 0.3 is 0 Å². The summed E-state index contributed by atoms with van der Waals surface area (Å²) in [5.74, 6) is 2.19. The van der Waals surface area contributed by atoms with Gasteiger partial charge in [0.15, 0.2) is 5.82 Å². The number of hydrogen-bond acceptors (Lipinski definition) is 8. The molecule has 1 N–H and O–H groups in total. The van der Waals surface area contributed by atoms with Crippen LogP contribution in [0.1, 0.15) is 42.0 Å². The maximum absolute atomic E-state index is 13.3. The van der Waals surface area contributed by atoms with Crippen LogP contribution in [-0.4, -0.2) is 44.2 Å². The monoisotopic (exact) mass is 444 g/mol. The number of aromatic nitrogens is 4. The Hall–Kier alpha value is -3.85. The molecule has 1 aromatic carbocycles. The maximum Gasteiger partial charge on any atom is 0.247 e. The van der Waals surface area contributed by atoms with E-state index in [1.165, 1.54) is 0 Å². The Bertz CT molecular complexity index is 1200. The van der Waals surface area contributed by atoms with E-state index in [4.69, 9.17) is 9.05 Å². The fourth-order valence-corrected chi connectivity index (χ4v) is 4.19. The zero-order chi connectivity index (χ0) is 22.6. The van der Waals surface area contributed by atoms with Gasteiger partial charge in [-0.2, -0.15) is 4.98 Å². The van der Waals surface area contributed by atoms with Crippen LogP contribution < -0.4 is 5.32 Å². The number of nitrogens with one attached hydrogen (secondary N) is 1. The number of rotatable bonds is 6.